The minimum absolute atomic E-state index is 0.555. The number of hydrogen-bond donors (Lipinski definition) is 2. The SMILES string of the molecule is CC.NCCOCCOCCOCCN. The predicted molar refractivity (Wildman–Crippen MR) is 61.9 cm³/mol. The molecule has 0 unspecified atom stereocenters. The van der Waals surface area contributed by atoms with E-state index in [9.17, 15) is 0 Å². The summed E-state index contributed by atoms with van der Waals surface area (Å²) in [6, 6.07) is 0. The highest BCUT2D eigenvalue weighted by molar-refractivity contribution is 4.35. The Labute approximate surface area is 93.0 Å². The molecule has 0 saturated carbocycles. The summed E-state index contributed by atoms with van der Waals surface area (Å²) >= 11 is 0. The van der Waals surface area contributed by atoms with Crippen molar-refractivity contribution >= 4 is 0 Å². The van der Waals surface area contributed by atoms with Gasteiger partial charge in [0.1, 0.15) is 0 Å². The molecule has 0 aliphatic heterocycles. The van der Waals surface area contributed by atoms with Gasteiger partial charge in [0.2, 0.25) is 0 Å². The molecule has 0 bridgehead atoms. The van der Waals surface area contributed by atoms with Crippen molar-refractivity contribution in [2.45, 2.75) is 13.8 Å². The Morgan fingerprint density at radius 2 is 0.867 bits per heavy atom. The first-order valence-corrected chi connectivity index (χ1v) is 5.55. The van der Waals surface area contributed by atoms with Crippen LogP contribution in [0.5, 0.6) is 0 Å². The largest absolute Gasteiger partial charge is 0.378 e. The Hall–Kier alpha value is -0.200. The average molecular weight is 222 g/mol. The second kappa shape index (κ2) is 19.4. The zero-order valence-electron chi connectivity index (χ0n) is 10.0. The van der Waals surface area contributed by atoms with Gasteiger partial charge < -0.3 is 25.7 Å². The second-order valence-electron chi connectivity index (χ2n) is 2.41. The van der Waals surface area contributed by atoms with Crippen molar-refractivity contribution in [2.24, 2.45) is 11.5 Å². The van der Waals surface area contributed by atoms with Gasteiger partial charge in [-0.15, -0.1) is 0 Å². The van der Waals surface area contributed by atoms with Crippen LogP contribution in [0.4, 0.5) is 0 Å². The zero-order chi connectivity index (χ0) is 11.8. The van der Waals surface area contributed by atoms with Gasteiger partial charge in [-0.1, -0.05) is 13.8 Å². The fourth-order valence-electron chi connectivity index (χ4n) is 0.709. The fourth-order valence-corrected chi connectivity index (χ4v) is 0.709. The van der Waals surface area contributed by atoms with Crippen LogP contribution >= 0.6 is 0 Å². The molecule has 0 aromatic carbocycles. The zero-order valence-corrected chi connectivity index (χ0v) is 10.0. The first-order chi connectivity index (χ1) is 7.41. The Bertz CT molecular complexity index is 84.7. The number of nitrogens with two attached hydrogens (primary N) is 2. The lowest BCUT2D eigenvalue weighted by Gasteiger charge is -2.05. The van der Waals surface area contributed by atoms with Crippen molar-refractivity contribution in [1.29, 1.82) is 0 Å². The molecule has 15 heavy (non-hydrogen) atoms. The highest BCUT2D eigenvalue weighted by Gasteiger charge is 1.89. The molecule has 0 heterocycles. The Balaban J connectivity index is 0. The highest BCUT2D eigenvalue weighted by atomic mass is 16.5. The Kier molecular flexibility index (Phi) is 22.2. The van der Waals surface area contributed by atoms with Crippen LogP contribution < -0.4 is 11.5 Å². The molecule has 0 aromatic heterocycles. The van der Waals surface area contributed by atoms with Crippen LogP contribution in [0, 0.1) is 0 Å². The molecule has 0 saturated heterocycles. The third kappa shape index (κ3) is 20.0. The van der Waals surface area contributed by atoms with Crippen molar-refractivity contribution in [3.05, 3.63) is 0 Å². The number of rotatable bonds is 10. The van der Waals surface area contributed by atoms with Crippen molar-refractivity contribution in [3.8, 4) is 0 Å². The monoisotopic (exact) mass is 222 g/mol. The molecule has 0 atom stereocenters. The van der Waals surface area contributed by atoms with E-state index < -0.39 is 0 Å². The summed E-state index contributed by atoms with van der Waals surface area (Å²) < 4.78 is 15.4. The van der Waals surface area contributed by atoms with Crippen molar-refractivity contribution < 1.29 is 14.2 Å². The van der Waals surface area contributed by atoms with Crippen LogP contribution in [0.15, 0.2) is 0 Å². The quantitative estimate of drug-likeness (QED) is 0.508. The highest BCUT2D eigenvalue weighted by Crippen LogP contribution is 1.79. The summed E-state index contributed by atoms with van der Waals surface area (Å²) in [5.41, 5.74) is 10.5. The summed E-state index contributed by atoms with van der Waals surface area (Å²) in [4.78, 5) is 0. The molecule has 5 heteroatoms. The van der Waals surface area contributed by atoms with Crippen LogP contribution in [0.25, 0.3) is 0 Å². The maximum atomic E-state index is 5.23. The molecule has 4 N–H and O–H groups in total. The fraction of sp³-hybridized carbons (Fsp3) is 1.00. The van der Waals surface area contributed by atoms with Gasteiger partial charge in [-0.25, -0.2) is 0 Å². The summed E-state index contributed by atoms with van der Waals surface area (Å²) in [6.45, 7) is 8.65. The van der Waals surface area contributed by atoms with Gasteiger partial charge in [0.05, 0.1) is 39.6 Å². The lowest BCUT2D eigenvalue weighted by atomic mass is 10.7. The standard InChI is InChI=1S/C8H20N2O3.C2H6/c9-1-3-11-5-7-13-8-6-12-4-2-10;1-2/h1-10H2;1-2H3. The number of ether oxygens (including phenoxy) is 3. The lowest BCUT2D eigenvalue weighted by Crippen LogP contribution is -2.15. The summed E-state index contributed by atoms with van der Waals surface area (Å²) in [6.07, 6.45) is 0. The van der Waals surface area contributed by atoms with Crippen molar-refractivity contribution in [2.75, 3.05) is 52.7 Å². The van der Waals surface area contributed by atoms with Crippen molar-refractivity contribution in [3.63, 3.8) is 0 Å². The van der Waals surface area contributed by atoms with Crippen LogP contribution in [0.1, 0.15) is 13.8 Å². The third-order valence-electron chi connectivity index (χ3n) is 1.27. The van der Waals surface area contributed by atoms with E-state index in [4.69, 9.17) is 25.7 Å². The van der Waals surface area contributed by atoms with Crippen molar-refractivity contribution in [1.82, 2.24) is 0 Å². The van der Waals surface area contributed by atoms with Gasteiger partial charge in [0.25, 0.3) is 0 Å². The molecule has 0 spiro atoms. The first kappa shape index (κ1) is 17.2. The molecule has 5 nitrogen and oxygen atoms in total. The van der Waals surface area contributed by atoms with E-state index >= 15 is 0 Å². The minimum Gasteiger partial charge on any atom is -0.378 e. The van der Waals surface area contributed by atoms with Gasteiger partial charge in [0.15, 0.2) is 0 Å². The minimum atomic E-state index is 0.555. The van der Waals surface area contributed by atoms with E-state index in [1.807, 2.05) is 13.8 Å². The van der Waals surface area contributed by atoms with Crippen LogP contribution in [-0.4, -0.2) is 52.7 Å². The van der Waals surface area contributed by atoms with Gasteiger partial charge in [-0.2, -0.15) is 0 Å². The van der Waals surface area contributed by atoms with E-state index in [-0.39, 0.29) is 0 Å². The van der Waals surface area contributed by atoms with Crippen LogP contribution in [0.3, 0.4) is 0 Å². The average Bonchev–Trinajstić information content (AvgIpc) is 2.30. The van der Waals surface area contributed by atoms with Crippen LogP contribution in [0.2, 0.25) is 0 Å². The normalized spacial score (nSPS) is 9.60. The van der Waals surface area contributed by atoms with E-state index in [1.165, 1.54) is 0 Å². The van der Waals surface area contributed by atoms with E-state index in [0.29, 0.717) is 52.7 Å². The van der Waals surface area contributed by atoms with E-state index in [0.717, 1.165) is 0 Å². The smallest absolute Gasteiger partial charge is 0.0701 e. The third-order valence-corrected chi connectivity index (χ3v) is 1.27. The van der Waals surface area contributed by atoms with Gasteiger partial charge in [0, 0.05) is 13.1 Å². The van der Waals surface area contributed by atoms with E-state index in [2.05, 4.69) is 0 Å². The molecular weight excluding hydrogens is 196 g/mol. The molecule has 0 rings (SSSR count). The maximum absolute atomic E-state index is 5.23. The summed E-state index contributed by atoms with van der Waals surface area (Å²) in [5.74, 6) is 0. The second-order valence-corrected chi connectivity index (χ2v) is 2.41. The molecule has 0 amide bonds. The molecule has 94 valence electrons. The molecule has 0 aliphatic rings. The Morgan fingerprint density at radius 3 is 1.13 bits per heavy atom. The van der Waals surface area contributed by atoms with E-state index in [1.54, 1.807) is 0 Å². The first-order valence-electron chi connectivity index (χ1n) is 5.55. The maximum Gasteiger partial charge on any atom is 0.0701 e. The lowest BCUT2D eigenvalue weighted by molar-refractivity contribution is 0.0175. The van der Waals surface area contributed by atoms with Gasteiger partial charge >= 0.3 is 0 Å². The molecule has 0 aromatic rings. The van der Waals surface area contributed by atoms with Gasteiger partial charge in [-0.3, -0.25) is 0 Å². The Morgan fingerprint density at radius 1 is 0.600 bits per heavy atom. The molecule has 0 aliphatic carbocycles. The summed E-state index contributed by atoms with van der Waals surface area (Å²) in [5, 5.41) is 0. The molecule has 0 radical (unpaired) electrons. The summed E-state index contributed by atoms with van der Waals surface area (Å²) in [7, 11) is 0. The predicted octanol–water partition coefficient (Wildman–Crippen LogP) is -0.0202. The topological polar surface area (TPSA) is 79.7 Å². The molecule has 0 fully saturated rings. The molecular formula is C10H26N2O3. The van der Waals surface area contributed by atoms with Crippen LogP contribution in [-0.2, 0) is 14.2 Å². The number of hydrogen-bond acceptors (Lipinski definition) is 5. The van der Waals surface area contributed by atoms with Gasteiger partial charge in [-0.05, 0) is 0 Å².